The van der Waals surface area contributed by atoms with Gasteiger partial charge in [0.05, 0.1) is 17.3 Å². The number of fused-ring (bicyclic) bond motifs is 1. The number of rotatable bonds is 3. The van der Waals surface area contributed by atoms with E-state index in [4.69, 9.17) is 17.3 Å². The lowest BCUT2D eigenvalue weighted by molar-refractivity contribution is 0.221. The molecular weight excluding hydrogens is 278 g/mol. The van der Waals surface area contributed by atoms with Crippen molar-refractivity contribution in [3.63, 3.8) is 0 Å². The molecule has 20 heavy (non-hydrogen) atoms. The third-order valence-corrected chi connectivity index (χ3v) is 3.22. The molecule has 2 heterocycles. The van der Waals surface area contributed by atoms with Gasteiger partial charge in [0.2, 0.25) is 5.95 Å². The van der Waals surface area contributed by atoms with Crippen LogP contribution in [0.2, 0.25) is 0 Å². The Morgan fingerprint density at radius 2 is 2.40 bits per heavy atom. The molecule has 6 nitrogen and oxygen atoms in total. The van der Waals surface area contributed by atoms with Crippen LogP contribution >= 0.6 is 11.6 Å². The minimum Gasteiger partial charge on any atom is -0.368 e. The zero-order valence-electron chi connectivity index (χ0n) is 11.4. The molecule has 0 unspecified atom stereocenters. The summed E-state index contributed by atoms with van der Waals surface area (Å²) in [5.74, 6) is 0.581. The smallest absolute Gasteiger partial charge is 0.327 e. The molecule has 0 aromatic carbocycles. The summed E-state index contributed by atoms with van der Waals surface area (Å²) >= 11 is 6.22. The molecule has 1 aliphatic heterocycles. The van der Waals surface area contributed by atoms with Gasteiger partial charge in [0.1, 0.15) is 5.82 Å². The van der Waals surface area contributed by atoms with Gasteiger partial charge < -0.3 is 5.73 Å². The summed E-state index contributed by atoms with van der Waals surface area (Å²) in [6.07, 6.45) is 6.06. The van der Waals surface area contributed by atoms with Crippen LogP contribution in [0.1, 0.15) is 25.8 Å². The van der Waals surface area contributed by atoms with Crippen LogP contribution in [0.15, 0.2) is 29.1 Å². The van der Waals surface area contributed by atoms with Gasteiger partial charge in [0.15, 0.2) is 0 Å². The van der Waals surface area contributed by atoms with Crippen LogP contribution in [0.4, 0.5) is 16.6 Å². The van der Waals surface area contributed by atoms with Crippen LogP contribution in [-0.4, -0.2) is 20.9 Å². The average Bonchev–Trinajstić information content (AvgIpc) is 2.40. The molecule has 1 aromatic rings. The van der Waals surface area contributed by atoms with Crippen LogP contribution in [0.3, 0.4) is 0 Å². The highest BCUT2D eigenvalue weighted by molar-refractivity contribution is 6.32. The van der Waals surface area contributed by atoms with Crippen molar-refractivity contribution in [3.8, 4) is 0 Å². The maximum Gasteiger partial charge on any atom is 0.327 e. The third kappa shape index (κ3) is 2.75. The van der Waals surface area contributed by atoms with Gasteiger partial charge in [0, 0.05) is 11.8 Å². The summed E-state index contributed by atoms with van der Waals surface area (Å²) in [7, 11) is 0. The number of nitrogens with two attached hydrogens (primary N) is 1. The van der Waals surface area contributed by atoms with Crippen molar-refractivity contribution in [1.82, 2.24) is 14.9 Å². The summed E-state index contributed by atoms with van der Waals surface area (Å²) in [6, 6.07) is -0.286. The SMILES string of the molecule is C/C=C(\C(Cl)=C/CC)N1Cc2cnc(N)nc2NC1=O. The van der Waals surface area contributed by atoms with Crippen molar-refractivity contribution in [1.29, 1.82) is 0 Å². The van der Waals surface area contributed by atoms with Crippen molar-refractivity contribution >= 4 is 29.4 Å². The lowest BCUT2D eigenvalue weighted by Gasteiger charge is -2.30. The van der Waals surface area contributed by atoms with E-state index in [2.05, 4.69) is 15.3 Å². The van der Waals surface area contributed by atoms with Gasteiger partial charge in [-0.2, -0.15) is 4.98 Å². The van der Waals surface area contributed by atoms with E-state index in [0.29, 0.717) is 23.1 Å². The molecule has 1 aromatic heterocycles. The van der Waals surface area contributed by atoms with E-state index in [-0.39, 0.29) is 12.0 Å². The van der Waals surface area contributed by atoms with E-state index in [1.165, 1.54) is 0 Å². The number of aromatic nitrogens is 2. The topological polar surface area (TPSA) is 84.1 Å². The van der Waals surface area contributed by atoms with E-state index in [0.717, 1.165) is 12.0 Å². The first-order valence-electron chi connectivity index (χ1n) is 6.29. The molecule has 0 fully saturated rings. The molecule has 0 saturated carbocycles. The number of amides is 2. The van der Waals surface area contributed by atoms with Crippen molar-refractivity contribution in [3.05, 3.63) is 34.6 Å². The summed E-state index contributed by atoms with van der Waals surface area (Å²) < 4.78 is 0. The molecule has 2 amide bonds. The van der Waals surface area contributed by atoms with E-state index >= 15 is 0 Å². The number of nitrogens with one attached hydrogen (secondary N) is 1. The van der Waals surface area contributed by atoms with Crippen LogP contribution in [0, 0.1) is 0 Å². The van der Waals surface area contributed by atoms with Crippen LogP contribution in [0.5, 0.6) is 0 Å². The van der Waals surface area contributed by atoms with Crippen LogP contribution in [-0.2, 0) is 6.54 Å². The molecule has 1 aliphatic rings. The Kier molecular flexibility index (Phi) is 4.24. The summed E-state index contributed by atoms with van der Waals surface area (Å²) in [5, 5.41) is 3.24. The molecular formula is C13H16ClN5O. The number of anilines is 2. The standard InChI is InChI=1S/C13H16ClN5O/c1-3-5-9(14)10(4-2)19-7-8-6-16-12(15)17-11(8)18-13(19)20/h4-6H,3,7H2,1-2H3,(H3,15,16,17,18,20)/b9-5+,10-4+. The Balaban J connectivity index is 2.33. The fourth-order valence-corrected chi connectivity index (χ4v) is 2.32. The van der Waals surface area contributed by atoms with Gasteiger partial charge in [-0.05, 0) is 13.3 Å². The van der Waals surface area contributed by atoms with Crippen LogP contribution in [0.25, 0.3) is 0 Å². The van der Waals surface area contributed by atoms with Crippen molar-refractivity contribution in [2.45, 2.75) is 26.8 Å². The second kappa shape index (κ2) is 5.92. The number of nitrogen functional groups attached to an aromatic ring is 1. The molecule has 0 bridgehead atoms. The number of allylic oxidation sites excluding steroid dienone is 3. The van der Waals surface area contributed by atoms with Gasteiger partial charge in [-0.3, -0.25) is 10.2 Å². The van der Waals surface area contributed by atoms with Gasteiger partial charge in [-0.15, -0.1) is 0 Å². The van der Waals surface area contributed by atoms with E-state index in [9.17, 15) is 4.79 Å². The first-order valence-corrected chi connectivity index (χ1v) is 6.66. The maximum atomic E-state index is 12.2. The van der Waals surface area contributed by atoms with Gasteiger partial charge >= 0.3 is 6.03 Å². The Hall–Kier alpha value is -2.08. The number of carbonyl (C=O) groups excluding carboxylic acids is 1. The van der Waals surface area contributed by atoms with Crippen molar-refractivity contribution in [2.75, 3.05) is 11.1 Å². The summed E-state index contributed by atoms with van der Waals surface area (Å²) in [6.45, 7) is 4.18. The van der Waals surface area contributed by atoms with E-state index < -0.39 is 0 Å². The highest BCUT2D eigenvalue weighted by Gasteiger charge is 2.27. The number of urea groups is 1. The molecule has 3 N–H and O–H groups in total. The van der Waals surface area contributed by atoms with E-state index in [1.54, 1.807) is 17.2 Å². The van der Waals surface area contributed by atoms with Crippen LogP contribution < -0.4 is 11.1 Å². The zero-order chi connectivity index (χ0) is 14.7. The van der Waals surface area contributed by atoms with Crippen molar-refractivity contribution in [2.24, 2.45) is 0 Å². The first kappa shape index (κ1) is 14.3. The molecule has 0 saturated heterocycles. The molecule has 7 heteroatoms. The quantitative estimate of drug-likeness (QED) is 0.839. The van der Waals surface area contributed by atoms with E-state index in [1.807, 2.05) is 19.9 Å². The molecule has 2 rings (SSSR count). The lowest BCUT2D eigenvalue weighted by Crippen LogP contribution is -2.38. The second-order valence-electron chi connectivity index (χ2n) is 4.25. The fourth-order valence-electron chi connectivity index (χ4n) is 1.96. The average molecular weight is 294 g/mol. The molecule has 106 valence electrons. The second-order valence-corrected chi connectivity index (χ2v) is 4.66. The molecule has 0 atom stereocenters. The molecule has 0 aliphatic carbocycles. The number of hydrogen-bond donors (Lipinski definition) is 2. The highest BCUT2D eigenvalue weighted by atomic mass is 35.5. The zero-order valence-corrected chi connectivity index (χ0v) is 12.1. The lowest BCUT2D eigenvalue weighted by atomic mass is 10.2. The summed E-state index contributed by atoms with van der Waals surface area (Å²) in [4.78, 5) is 21.7. The first-order chi connectivity index (χ1) is 9.56. The number of halogens is 1. The Morgan fingerprint density at radius 1 is 1.65 bits per heavy atom. The molecule has 0 radical (unpaired) electrons. The monoisotopic (exact) mass is 293 g/mol. The van der Waals surface area contributed by atoms with Gasteiger partial charge in [-0.1, -0.05) is 30.7 Å². The van der Waals surface area contributed by atoms with Gasteiger partial charge in [-0.25, -0.2) is 9.78 Å². The number of hydrogen-bond acceptors (Lipinski definition) is 4. The Bertz CT molecular complexity index is 596. The third-order valence-electron chi connectivity index (χ3n) is 2.87. The molecule has 0 spiro atoms. The normalized spacial score (nSPS) is 15.9. The van der Waals surface area contributed by atoms with Gasteiger partial charge in [0.25, 0.3) is 0 Å². The number of nitrogens with zero attached hydrogens (tertiary/aromatic N) is 3. The Labute approximate surface area is 122 Å². The minimum absolute atomic E-state index is 0.132. The van der Waals surface area contributed by atoms with Crippen molar-refractivity contribution < 1.29 is 4.79 Å². The minimum atomic E-state index is -0.286. The fraction of sp³-hybridized carbons (Fsp3) is 0.308. The number of carbonyl (C=O) groups is 1. The highest BCUT2D eigenvalue weighted by Crippen LogP contribution is 2.28. The predicted octanol–water partition coefficient (Wildman–Crippen LogP) is 2.84. The largest absolute Gasteiger partial charge is 0.368 e. The predicted molar refractivity (Wildman–Crippen MR) is 79.0 cm³/mol. The summed E-state index contributed by atoms with van der Waals surface area (Å²) in [5.41, 5.74) is 6.96. The maximum absolute atomic E-state index is 12.2. The Morgan fingerprint density at radius 3 is 3.05 bits per heavy atom.